The molecule has 0 saturated heterocycles. The van der Waals surface area contributed by atoms with Crippen LogP contribution in [0.3, 0.4) is 0 Å². The van der Waals surface area contributed by atoms with Crippen molar-refractivity contribution < 1.29 is 33.0 Å². The molecular formula is C24H24O8. The summed E-state index contributed by atoms with van der Waals surface area (Å²) in [6.07, 6.45) is 0.0648. The Labute approximate surface area is 184 Å². The molecule has 0 spiro atoms. The SMILES string of the molecule is COc1ccc(C(=O)COC(=O)CCc2c(C)c3ccc(OC)cc3oc2=O)c(OC)c1. The molecule has 0 saturated carbocycles. The summed E-state index contributed by atoms with van der Waals surface area (Å²) < 4.78 is 26.0. The van der Waals surface area contributed by atoms with Gasteiger partial charge in [-0.3, -0.25) is 9.59 Å². The quantitative estimate of drug-likeness (QED) is 0.283. The highest BCUT2D eigenvalue weighted by molar-refractivity contribution is 6.00. The standard InChI is InChI=1S/C24H24O8/c1-14-17-7-5-16(29-3)12-22(17)32-24(27)18(14)9-10-23(26)31-13-20(25)19-8-6-15(28-2)11-21(19)30-4/h5-8,11-12H,9-10,13H2,1-4H3. The summed E-state index contributed by atoms with van der Waals surface area (Å²) in [5, 5.41) is 0.760. The number of carbonyl (C=O) groups excluding carboxylic acids is 2. The number of carbonyl (C=O) groups is 2. The van der Waals surface area contributed by atoms with Crippen LogP contribution in [0, 0.1) is 6.92 Å². The molecule has 0 aliphatic rings. The summed E-state index contributed by atoms with van der Waals surface area (Å²) in [4.78, 5) is 37.0. The van der Waals surface area contributed by atoms with Gasteiger partial charge < -0.3 is 23.4 Å². The van der Waals surface area contributed by atoms with Gasteiger partial charge in [0, 0.05) is 29.5 Å². The van der Waals surface area contributed by atoms with E-state index >= 15 is 0 Å². The Balaban J connectivity index is 1.65. The van der Waals surface area contributed by atoms with Gasteiger partial charge in [-0.2, -0.15) is 0 Å². The largest absolute Gasteiger partial charge is 0.497 e. The van der Waals surface area contributed by atoms with Crippen LogP contribution in [0.15, 0.2) is 45.6 Å². The van der Waals surface area contributed by atoms with Gasteiger partial charge in [0.25, 0.3) is 0 Å². The summed E-state index contributed by atoms with van der Waals surface area (Å²) in [5.41, 5.74) is 1.29. The number of hydrogen-bond donors (Lipinski definition) is 0. The molecule has 0 aliphatic heterocycles. The van der Waals surface area contributed by atoms with Gasteiger partial charge in [0.05, 0.1) is 26.9 Å². The number of ether oxygens (including phenoxy) is 4. The average Bonchev–Trinajstić information content (AvgIpc) is 2.81. The minimum atomic E-state index is -0.598. The van der Waals surface area contributed by atoms with Gasteiger partial charge in [0.1, 0.15) is 22.8 Å². The van der Waals surface area contributed by atoms with Gasteiger partial charge in [-0.1, -0.05) is 0 Å². The van der Waals surface area contributed by atoms with E-state index in [1.165, 1.54) is 21.3 Å². The Morgan fingerprint density at radius 2 is 1.62 bits per heavy atom. The number of Topliss-reactive ketones (excluding diaryl/α,β-unsaturated/α-hetero) is 1. The number of benzene rings is 2. The van der Waals surface area contributed by atoms with E-state index in [-0.39, 0.29) is 18.4 Å². The van der Waals surface area contributed by atoms with Crippen LogP contribution >= 0.6 is 0 Å². The maximum Gasteiger partial charge on any atom is 0.339 e. The first-order valence-electron chi connectivity index (χ1n) is 9.89. The van der Waals surface area contributed by atoms with Crippen molar-refractivity contribution in [3.63, 3.8) is 0 Å². The Morgan fingerprint density at radius 1 is 0.938 bits per heavy atom. The van der Waals surface area contributed by atoms with Crippen LogP contribution in [0.4, 0.5) is 0 Å². The first kappa shape index (κ1) is 22.9. The molecule has 0 aliphatic carbocycles. The van der Waals surface area contributed by atoms with Crippen molar-refractivity contribution in [3.05, 3.63) is 63.5 Å². The van der Waals surface area contributed by atoms with Crippen LogP contribution in [0.2, 0.25) is 0 Å². The molecule has 0 atom stereocenters. The lowest BCUT2D eigenvalue weighted by molar-refractivity contribution is -0.142. The zero-order chi connectivity index (χ0) is 23.3. The zero-order valence-electron chi connectivity index (χ0n) is 18.4. The maximum absolute atomic E-state index is 12.4. The summed E-state index contributed by atoms with van der Waals surface area (Å²) >= 11 is 0. The Morgan fingerprint density at radius 3 is 2.31 bits per heavy atom. The highest BCUT2D eigenvalue weighted by Gasteiger charge is 2.17. The minimum absolute atomic E-state index is 0.0692. The predicted octanol–water partition coefficient (Wildman–Crippen LogP) is 3.49. The minimum Gasteiger partial charge on any atom is -0.497 e. The number of fused-ring (bicyclic) bond motifs is 1. The van der Waals surface area contributed by atoms with Crippen molar-refractivity contribution in [2.24, 2.45) is 0 Å². The average molecular weight is 440 g/mol. The van der Waals surface area contributed by atoms with Crippen LogP contribution in [0.1, 0.15) is 27.9 Å². The summed E-state index contributed by atoms with van der Waals surface area (Å²) in [6.45, 7) is 1.36. The fourth-order valence-corrected chi connectivity index (χ4v) is 3.34. The maximum atomic E-state index is 12.4. The smallest absolute Gasteiger partial charge is 0.339 e. The summed E-state index contributed by atoms with van der Waals surface area (Å²) in [7, 11) is 4.47. The molecule has 0 fully saturated rings. The van der Waals surface area contributed by atoms with Crippen molar-refractivity contribution in [2.75, 3.05) is 27.9 Å². The highest BCUT2D eigenvalue weighted by Crippen LogP contribution is 2.26. The van der Waals surface area contributed by atoms with Crippen LogP contribution in [0.5, 0.6) is 17.2 Å². The molecule has 0 N–H and O–H groups in total. The Bertz CT molecular complexity index is 1210. The van der Waals surface area contributed by atoms with E-state index in [0.29, 0.717) is 28.4 Å². The second-order valence-corrected chi connectivity index (χ2v) is 7.01. The molecule has 1 heterocycles. The van der Waals surface area contributed by atoms with Crippen molar-refractivity contribution in [1.29, 1.82) is 0 Å². The number of ketones is 1. The van der Waals surface area contributed by atoms with E-state index in [2.05, 4.69) is 0 Å². The highest BCUT2D eigenvalue weighted by atomic mass is 16.5. The van der Waals surface area contributed by atoms with E-state index in [1.54, 1.807) is 43.3 Å². The van der Waals surface area contributed by atoms with Gasteiger partial charge in [0.15, 0.2) is 6.61 Å². The lowest BCUT2D eigenvalue weighted by atomic mass is 10.0. The van der Waals surface area contributed by atoms with Gasteiger partial charge in [0.2, 0.25) is 5.78 Å². The number of methoxy groups -OCH3 is 3. The number of esters is 1. The van der Waals surface area contributed by atoms with E-state index in [9.17, 15) is 14.4 Å². The molecular weight excluding hydrogens is 416 g/mol. The molecule has 0 bridgehead atoms. The normalized spacial score (nSPS) is 10.6. The van der Waals surface area contributed by atoms with Crippen molar-refractivity contribution in [1.82, 2.24) is 0 Å². The van der Waals surface area contributed by atoms with Crippen LogP contribution in [-0.4, -0.2) is 39.7 Å². The molecule has 0 amide bonds. The first-order chi connectivity index (χ1) is 15.4. The molecule has 0 radical (unpaired) electrons. The number of rotatable bonds is 9. The second-order valence-electron chi connectivity index (χ2n) is 7.01. The number of hydrogen-bond acceptors (Lipinski definition) is 8. The summed E-state index contributed by atoms with van der Waals surface area (Å²) in [6, 6.07) is 9.95. The van der Waals surface area contributed by atoms with E-state index in [1.807, 2.05) is 0 Å². The molecule has 8 nitrogen and oxygen atoms in total. The van der Waals surface area contributed by atoms with Crippen molar-refractivity contribution >= 4 is 22.7 Å². The van der Waals surface area contributed by atoms with Gasteiger partial charge in [-0.25, -0.2) is 4.79 Å². The third-order valence-electron chi connectivity index (χ3n) is 5.15. The topological polar surface area (TPSA) is 101 Å². The first-order valence-corrected chi connectivity index (χ1v) is 9.89. The lowest BCUT2D eigenvalue weighted by Gasteiger charge is -2.10. The fraction of sp³-hybridized carbons (Fsp3) is 0.292. The molecule has 1 aromatic heterocycles. The molecule has 3 aromatic rings. The van der Waals surface area contributed by atoms with Gasteiger partial charge >= 0.3 is 11.6 Å². The van der Waals surface area contributed by atoms with Crippen molar-refractivity contribution in [2.45, 2.75) is 19.8 Å². The number of aryl methyl sites for hydroxylation is 1. The molecule has 8 heteroatoms. The van der Waals surface area contributed by atoms with E-state index in [4.69, 9.17) is 23.4 Å². The van der Waals surface area contributed by atoms with Gasteiger partial charge in [-0.15, -0.1) is 0 Å². The molecule has 32 heavy (non-hydrogen) atoms. The van der Waals surface area contributed by atoms with E-state index in [0.717, 1.165) is 10.9 Å². The van der Waals surface area contributed by atoms with Gasteiger partial charge in [-0.05, 0) is 43.2 Å². The monoisotopic (exact) mass is 440 g/mol. The van der Waals surface area contributed by atoms with Crippen LogP contribution < -0.4 is 19.8 Å². The predicted molar refractivity (Wildman–Crippen MR) is 117 cm³/mol. The third-order valence-corrected chi connectivity index (χ3v) is 5.15. The third kappa shape index (κ3) is 4.91. The molecule has 2 aromatic carbocycles. The van der Waals surface area contributed by atoms with Crippen LogP contribution in [0.25, 0.3) is 11.0 Å². The Hall–Kier alpha value is -3.81. The Kier molecular flexibility index (Phi) is 7.14. The summed E-state index contributed by atoms with van der Waals surface area (Å²) in [5.74, 6) is 0.437. The molecule has 3 rings (SSSR count). The fourth-order valence-electron chi connectivity index (χ4n) is 3.34. The molecule has 0 unspecified atom stereocenters. The molecule has 168 valence electrons. The zero-order valence-corrected chi connectivity index (χ0v) is 18.4. The van der Waals surface area contributed by atoms with E-state index < -0.39 is 24.0 Å². The van der Waals surface area contributed by atoms with Crippen LogP contribution in [-0.2, 0) is 16.0 Å². The second kappa shape index (κ2) is 10.00. The van der Waals surface area contributed by atoms with Crippen molar-refractivity contribution in [3.8, 4) is 17.2 Å². The lowest BCUT2D eigenvalue weighted by Crippen LogP contribution is -2.17.